The van der Waals surface area contributed by atoms with Crippen molar-refractivity contribution in [2.24, 2.45) is 17.2 Å². The standard InChI is InChI=1S/C20H20N4/c21-17-9-7-13(12-4-1-2-5-15(12)17)14-8-10-18(22)19-16(14)6-3-11-20(19,23)24/h1-11,14H,21-24H2. The fourth-order valence-electron chi connectivity index (χ4n) is 3.68. The van der Waals surface area contributed by atoms with E-state index in [2.05, 4.69) is 18.2 Å². The minimum Gasteiger partial charge on any atom is -0.398 e. The highest BCUT2D eigenvalue weighted by Gasteiger charge is 2.34. The fourth-order valence-corrected chi connectivity index (χ4v) is 3.68. The second-order valence-electron chi connectivity index (χ2n) is 6.37. The van der Waals surface area contributed by atoms with Crippen LogP contribution in [0.25, 0.3) is 10.8 Å². The first-order valence-electron chi connectivity index (χ1n) is 7.92. The molecule has 0 fully saturated rings. The van der Waals surface area contributed by atoms with Crippen LogP contribution in [0.4, 0.5) is 5.69 Å². The Bertz CT molecular complexity index is 961. The Kier molecular flexibility index (Phi) is 3.13. The van der Waals surface area contributed by atoms with Crippen LogP contribution in [-0.2, 0) is 0 Å². The number of hydrogen-bond donors (Lipinski definition) is 4. The van der Waals surface area contributed by atoms with Gasteiger partial charge in [0.15, 0.2) is 0 Å². The van der Waals surface area contributed by atoms with Crippen molar-refractivity contribution in [3.05, 3.63) is 89.2 Å². The van der Waals surface area contributed by atoms with Gasteiger partial charge in [-0.05, 0) is 34.7 Å². The van der Waals surface area contributed by atoms with E-state index in [1.165, 1.54) is 5.56 Å². The normalized spacial score (nSPS) is 21.8. The maximum absolute atomic E-state index is 6.26. The lowest BCUT2D eigenvalue weighted by Crippen LogP contribution is -2.52. The second kappa shape index (κ2) is 5.09. The molecule has 4 rings (SSSR count). The van der Waals surface area contributed by atoms with Crippen LogP contribution in [-0.4, -0.2) is 5.66 Å². The van der Waals surface area contributed by atoms with E-state index in [9.17, 15) is 0 Å². The molecule has 1 unspecified atom stereocenters. The third-order valence-electron chi connectivity index (χ3n) is 4.79. The highest BCUT2D eigenvalue weighted by molar-refractivity contribution is 5.96. The summed E-state index contributed by atoms with van der Waals surface area (Å²) in [5.41, 5.74) is 28.2. The smallest absolute Gasteiger partial charge is 0.112 e. The summed E-state index contributed by atoms with van der Waals surface area (Å²) < 4.78 is 0. The van der Waals surface area contributed by atoms with Gasteiger partial charge in [-0.3, -0.25) is 0 Å². The lowest BCUT2D eigenvalue weighted by Gasteiger charge is -2.35. The van der Waals surface area contributed by atoms with Gasteiger partial charge in [0, 0.05) is 28.3 Å². The molecule has 8 N–H and O–H groups in total. The van der Waals surface area contributed by atoms with Crippen molar-refractivity contribution in [1.29, 1.82) is 0 Å². The molecule has 0 amide bonds. The van der Waals surface area contributed by atoms with Crippen LogP contribution in [0.1, 0.15) is 11.5 Å². The summed E-state index contributed by atoms with van der Waals surface area (Å²) in [5.74, 6) is 0.0363. The van der Waals surface area contributed by atoms with Crippen LogP contribution in [0.5, 0.6) is 0 Å². The average Bonchev–Trinajstić information content (AvgIpc) is 2.56. The zero-order valence-corrected chi connectivity index (χ0v) is 13.2. The van der Waals surface area contributed by atoms with Crippen LogP contribution >= 0.6 is 0 Å². The van der Waals surface area contributed by atoms with Crippen molar-refractivity contribution < 1.29 is 0 Å². The van der Waals surface area contributed by atoms with Crippen molar-refractivity contribution >= 4 is 16.5 Å². The van der Waals surface area contributed by atoms with Crippen LogP contribution in [0.15, 0.2) is 83.6 Å². The molecule has 0 aromatic heterocycles. The predicted octanol–water partition coefficient (Wildman–Crippen LogP) is 2.40. The molecule has 4 nitrogen and oxygen atoms in total. The van der Waals surface area contributed by atoms with E-state index in [-0.39, 0.29) is 5.92 Å². The van der Waals surface area contributed by atoms with E-state index >= 15 is 0 Å². The van der Waals surface area contributed by atoms with Gasteiger partial charge in [-0.2, -0.15) is 0 Å². The third kappa shape index (κ3) is 2.08. The average molecular weight is 316 g/mol. The highest BCUT2D eigenvalue weighted by Crippen LogP contribution is 2.43. The molecular formula is C20H20N4. The summed E-state index contributed by atoms with van der Waals surface area (Å²) in [4.78, 5) is 0. The number of hydrogen-bond acceptors (Lipinski definition) is 4. The number of nitrogen functional groups attached to an aromatic ring is 1. The number of fused-ring (bicyclic) bond motifs is 2. The Morgan fingerprint density at radius 1 is 0.917 bits per heavy atom. The molecule has 2 aromatic carbocycles. The topological polar surface area (TPSA) is 104 Å². The molecule has 2 aliphatic carbocycles. The van der Waals surface area contributed by atoms with E-state index in [0.29, 0.717) is 5.70 Å². The number of benzene rings is 2. The maximum Gasteiger partial charge on any atom is 0.112 e. The molecular weight excluding hydrogens is 296 g/mol. The number of anilines is 1. The Morgan fingerprint density at radius 3 is 2.46 bits per heavy atom. The molecule has 1 atom stereocenters. The molecule has 120 valence electrons. The fraction of sp³-hybridized carbons (Fsp3) is 0.100. The van der Waals surface area contributed by atoms with Crippen molar-refractivity contribution in [3.63, 3.8) is 0 Å². The van der Waals surface area contributed by atoms with Crippen molar-refractivity contribution in [3.8, 4) is 0 Å². The third-order valence-corrected chi connectivity index (χ3v) is 4.79. The number of nitrogens with two attached hydrogens (primary N) is 4. The van der Waals surface area contributed by atoms with Gasteiger partial charge in [0.25, 0.3) is 0 Å². The van der Waals surface area contributed by atoms with Gasteiger partial charge < -0.3 is 22.9 Å². The Morgan fingerprint density at radius 2 is 1.67 bits per heavy atom. The minimum atomic E-state index is -1.05. The number of allylic oxidation sites excluding steroid dienone is 4. The van der Waals surface area contributed by atoms with Gasteiger partial charge in [-0.25, -0.2) is 0 Å². The molecule has 4 heteroatoms. The molecule has 0 radical (unpaired) electrons. The summed E-state index contributed by atoms with van der Waals surface area (Å²) in [6.45, 7) is 0. The summed E-state index contributed by atoms with van der Waals surface area (Å²) >= 11 is 0. The Hall–Kier alpha value is -2.82. The van der Waals surface area contributed by atoms with Crippen molar-refractivity contribution in [2.75, 3.05) is 5.73 Å². The minimum absolute atomic E-state index is 0.0363. The predicted molar refractivity (Wildman–Crippen MR) is 99.8 cm³/mol. The molecule has 0 saturated carbocycles. The zero-order valence-electron chi connectivity index (χ0n) is 13.2. The summed E-state index contributed by atoms with van der Waals surface area (Å²) in [6, 6.07) is 12.2. The molecule has 2 aromatic rings. The van der Waals surface area contributed by atoms with Crippen molar-refractivity contribution in [2.45, 2.75) is 11.6 Å². The van der Waals surface area contributed by atoms with Gasteiger partial charge in [0.05, 0.1) is 0 Å². The lowest BCUT2D eigenvalue weighted by molar-refractivity contribution is 0.631. The monoisotopic (exact) mass is 316 g/mol. The van der Waals surface area contributed by atoms with E-state index in [1.807, 2.05) is 42.5 Å². The Labute approximate surface area is 140 Å². The first-order valence-corrected chi connectivity index (χ1v) is 7.92. The van der Waals surface area contributed by atoms with Crippen molar-refractivity contribution in [1.82, 2.24) is 0 Å². The first kappa shape index (κ1) is 14.8. The summed E-state index contributed by atoms with van der Waals surface area (Å²) in [6.07, 6.45) is 9.71. The number of rotatable bonds is 1. The van der Waals surface area contributed by atoms with Gasteiger partial charge in [0.1, 0.15) is 5.66 Å². The van der Waals surface area contributed by atoms with Crippen LogP contribution in [0.3, 0.4) is 0 Å². The van der Waals surface area contributed by atoms with Crippen LogP contribution in [0.2, 0.25) is 0 Å². The van der Waals surface area contributed by atoms with Gasteiger partial charge >= 0.3 is 0 Å². The van der Waals surface area contributed by atoms with E-state index < -0.39 is 5.66 Å². The SMILES string of the molecule is NC1=C2C(=CC=CC2(N)N)C(c2ccc(N)c3ccccc23)C=C1. The van der Waals surface area contributed by atoms with Crippen LogP contribution in [0, 0.1) is 0 Å². The molecule has 0 spiro atoms. The lowest BCUT2D eigenvalue weighted by atomic mass is 9.74. The summed E-state index contributed by atoms with van der Waals surface area (Å²) in [5, 5.41) is 2.17. The Balaban J connectivity index is 1.94. The molecule has 24 heavy (non-hydrogen) atoms. The van der Waals surface area contributed by atoms with E-state index in [0.717, 1.165) is 27.6 Å². The molecule has 2 aliphatic rings. The molecule has 0 aliphatic heterocycles. The van der Waals surface area contributed by atoms with Gasteiger partial charge in [-0.15, -0.1) is 0 Å². The highest BCUT2D eigenvalue weighted by atomic mass is 15.0. The maximum atomic E-state index is 6.26. The van der Waals surface area contributed by atoms with Gasteiger partial charge in [0.2, 0.25) is 0 Å². The molecule has 0 bridgehead atoms. The van der Waals surface area contributed by atoms with Crippen LogP contribution < -0.4 is 22.9 Å². The second-order valence-corrected chi connectivity index (χ2v) is 6.37. The first-order chi connectivity index (χ1) is 11.5. The van der Waals surface area contributed by atoms with Gasteiger partial charge in [-0.1, -0.05) is 48.6 Å². The quantitative estimate of drug-likeness (QED) is 0.479. The summed E-state index contributed by atoms with van der Waals surface area (Å²) in [7, 11) is 0. The zero-order chi connectivity index (χ0) is 16.9. The largest absolute Gasteiger partial charge is 0.398 e. The molecule has 0 saturated heterocycles. The molecule has 0 heterocycles. The van der Waals surface area contributed by atoms with E-state index in [1.54, 1.807) is 6.08 Å². The van der Waals surface area contributed by atoms with E-state index in [4.69, 9.17) is 22.9 Å².